The SMILES string of the molecule is CCCCCOc1c(Br)cc(-c2cc(C(=O)[O-])c3cc(C)ccc3n2)cc1OC. The van der Waals surface area contributed by atoms with E-state index in [2.05, 4.69) is 27.8 Å². The van der Waals surface area contributed by atoms with E-state index in [1.165, 1.54) is 0 Å². The molecule has 0 fully saturated rings. The predicted octanol–water partition coefficient (Wildman–Crippen LogP) is 4.91. The minimum atomic E-state index is -1.23. The molecule has 0 aliphatic carbocycles. The molecular weight excluding hydrogens is 434 g/mol. The number of hydrogen-bond donors (Lipinski definition) is 0. The molecular formula is C23H23BrNO4-. The molecule has 0 saturated heterocycles. The van der Waals surface area contributed by atoms with Crippen molar-refractivity contribution in [2.24, 2.45) is 0 Å². The van der Waals surface area contributed by atoms with Crippen molar-refractivity contribution in [3.63, 3.8) is 0 Å². The van der Waals surface area contributed by atoms with Gasteiger partial charge >= 0.3 is 0 Å². The van der Waals surface area contributed by atoms with E-state index in [0.29, 0.717) is 34.7 Å². The summed E-state index contributed by atoms with van der Waals surface area (Å²) in [7, 11) is 1.58. The Morgan fingerprint density at radius 2 is 1.97 bits per heavy atom. The lowest BCUT2D eigenvalue weighted by Gasteiger charge is -2.16. The predicted molar refractivity (Wildman–Crippen MR) is 116 cm³/mol. The van der Waals surface area contributed by atoms with Crippen molar-refractivity contribution >= 4 is 32.8 Å². The average Bonchev–Trinajstić information content (AvgIpc) is 2.70. The number of aromatic nitrogens is 1. The van der Waals surface area contributed by atoms with Gasteiger partial charge in [0, 0.05) is 16.5 Å². The standard InChI is InChI=1S/C23H24BrNO4/c1-4-5-6-9-29-22-18(24)11-15(12-21(22)28-3)20-13-17(23(26)27)16-10-14(2)7-8-19(16)25-20/h7-8,10-13H,4-6,9H2,1-3H3,(H,26,27)/p-1. The van der Waals surface area contributed by atoms with Crippen molar-refractivity contribution in [2.45, 2.75) is 33.1 Å². The minimum absolute atomic E-state index is 0.115. The second kappa shape index (κ2) is 9.27. The number of methoxy groups -OCH3 is 1. The third-order valence-electron chi connectivity index (χ3n) is 4.70. The first kappa shape index (κ1) is 21.1. The van der Waals surface area contributed by atoms with Crippen LogP contribution in [0.2, 0.25) is 0 Å². The molecule has 0 unspecified atom stereocenters. The summed E-state index contributed by atoms with van der Waals surface area (Å²) in [4.78, 5) is 16.4. The number of aryl methyl sites for hydroxylation is 1. The fourth-order valence-corrected chi connectivity index (χ4v) is 3.75. The number of fused-ring (bicyclic) bond motifs is 1. The molecule has 0 radical (unpaired) electrons. The largest absolute Gasteiger partial charge is 0.545 e. The molecule has 3 aromatic rings. The van der Waals surface area contributed by atoms with Crippen molar-refractivity contribution in [1.82, 2.24) is 4.98 Å². The van der Waals surface area contributed by atoms with Crippen molar-refractivity contribution < 1.29 is 19.4 Å². The number of rotatable bonds is 8. The lowest BCUT2D eigenvalue weighted by Crippen LogP contribution is -2.22. The zero-order valence-corrected chi connectivity index (χ0v) is 18.3. The molecule has 5 nitrogen and oxygen atoms in total. The number of aromatic carboxylic acids is 1. The van der Waals surface area contributed by atoms with E-state index >= 15 is 0 Å². The van der Waals surface area contributed by atoms with E-state index < -0.39 is 5.97 Å². The number of carbonyl (C=O) groups excluding carboxylic acids is 1. The highest BCUT2D eigenvalue weighted by atomic mass is 79.9. The lowest BCUT2D eigenvalue weighted by atomic mass is 10.0. The van der Waals surface area contributed by atoms with Crippen LogP contribution in [0.15, 0.2) is 40.9 Å². The maximum Gasteiger partial charge on any atom is 0.175 e. The molecule has 1 heterocycles. The average molecular weight is 457 g/mol. The van der Waals surface area contributed by atoms with Gasteiger partial charge in [0.2, 0.25) is 0 Å². The van der Waals surface area contributed by atoms with E-state index in [1.807, 2.05) is 25.1 Å². The summed E-state index contributed by atoms with van der Waals surface area (Å²) in [6, 6.07) is 10.7. The highest BCUT2D eigenvalue weighted by molar-refractivity contribution is 9.10. The summed E-state index contributed by atoms with van der Waals surface area (Å²) in [6.07, 6.45) is 3.19. The summed E-state index contributed by atoms with van der Waals surface area (Å²) >= 11 is 3.55. The van der Waals surface area contributed by atoms with Crippen LogP contribution in [-0.2, 0) is 0 Å². The maximum atomic E-state index is 11.7. The molecule has 0 amide bonds. The summed E-state index contributed by atoms with van der Waals surface area (Å²) < 4.78 is 12.1. The summed E-state index contributed by atoms with van der Waals surface area (Å²) in [5, 5.41) is 12.3. The molecule has 0 atom stereocenters. The van der Waals surface area contributed by atoms with Gasteiger partial charge in [-0.1, -0.05) is 31.4 Å². The number of benzene rings is 2. The zero-order chi connectivity index (χ0) is 21.0. The number of pyridine rings is 1. The van der Waals surface area contributed by atoms with E-state index in [1.54, 1.807) is 25.3 Å². The van der Waals surface area contributed by atoms with Crippen molar-refractivity contribution in [1.29, 1.82) is 0 Å². The Hall–Kier alpha value is -2.60. The van der Waals surface area contributed by atoms with Gasteiger partial charge in [0.25, 0.3) is 0 Å². The maximum absolute atomic E-state index is 11.7. The Balaban J connectivity index is 2.06. The Morgan fingerprint density at radius 1 is 1.17 bits per heavy atom. The fraction of sp³-hybridized carbons (Fsp3) is 0.304. The smallest absolute Gasteiger partial charge is 0.175 e. The quantitative estimate of drug-likeness (QED) is 0.450. The Kier molecular flexibility index (Phi) is 6.75. The van der Waals surface area contributed by atoms with Gasteiger partial charge in [0.15, 0.2) is 11.5 Å². The van der Waals surface area contributed by atoms with Crippen LogP contribution < -0.4 is 14.6 Å². The molecule has 29 heavy (non-hydrogen) atoms. The molecule has 0 aliphatic rings. The Bertz CT molecular complexity index is 1050. The molecule has 0 N–H and O–H groups in total. The molecule has 0 saturated carbocycles. The fourth-order valence-electron chi connectivity index (χ4n) is 3.19. The van der Waals surface area contributed by atoms with Crippen LogP contribution in [0.4, 0.5) is 0 Å². The van der Waals surface area contributed by atoms with Crippen LogP contribution in [0.3, 0.4) is 0 Å². The minimum Gasteiger partial charge on any atom is -0.545 e. The van der Waals surface area contributed by atoms with Crippen molar-refractivity contribution in [3.8, 4) is 22.8 Å². The first-order valence-corrected chi connectivity index (χ1v) is 10.4. The number of ether oxygens (including phenoxy) is 2. The Morgan fingerprint density at radius 3 is 2.66 bits per heavy atom. The summed E-state index contributed by atoms with van der Waals surface area (Å²) in [5.41, 5.74) is 2.92. The number of carboxylic acid groups (broad SMARTS) is 1. The van der Waals surface area contributed by atoms with Crippen LogP contribution in [0.25, 0.3) is 22.2 Å². The van der Waals surface area contributed by atoms with Gasteiger partial charge in [0.1, 0.15) is 0 Å². The summed E-state index contributed by atoms with van der Waals surface area (Å²) in [6.45, 7) is 4.66. The Labute approximate surface area is 178 Å². The van der Waals surface area contributed by atoms with Gasteiger partial charge < -0.3 is 19.4 Å². The second-order valence-corrected chi connectivity index (χ2v) is 7.76. The van der Waals surface area contributed by atoms with Crippen molar-refractivity contribution in [3.05, 3.63) is 52.0 Å². The van der Waals surface area contributed by atoms with Crippen molar-refractivity contribution in [2.75, 3.05) is 13.7 Å². The lowest BCUT2D eigenvalue weighted by molar-refractivity contribution is -0.254. The monoisotopic (exact) mass is 456 g/mol. The van der Waals surface area contributed by atoms with Crippen LogP contribution in [0.5, 0.6) is 11.5 Å². The molecule has 0 aliphatic heterocycles. The third-order valence-corrected chi connectivity index (χ3v) is 5.29. The van der Waals surface area contributed by atoms with E-state index in [4.69, 9.17) is 9.47 Å². The highest BCUT2D eigenvalue weighted by Crippen LogP contribution is 2.40. The van der Waals surface area contributed by atoms with Gasteiger partial charge in [-0.2, -0.15) is 0 Å². The first-order chi connectivity index (χ1) is 13.9. The molecule has 1 aromatic heterocycles. The van der Waals surface area contributed by atoms with Gasteiger partial charge in [-0.05, 0) is 59.6 Å². The van der Waals surface area contributed by atoms with Crippen LogP contribution in [0, 0.1) is 6.92 Å². The van der Waals surface area contributed by atoms with E-state index in [-0.39, 0.29) is 5.56 Å². The number of halogens is 1. The third kappa shape index (κ3) is 4.70. The van der Waals surface area contributed by atoms with E-state index in [0.717, 1.165) is 34.9 Å². The molecule has 6 heteroatoms. The first-order valence-electron chi connectivity index (χ1n) is 9.58. The topological polar surface area (TPSA) is 71.5 Å². The van der Waals surface area contributed by atoms with Crippen LogP contribution in [-0.4, -0.2) is 24.7 Å². The normalized spacial score (nSPS) is 10.9. The van der Waals surface area contributed by atoms with Gasteiger partial charge in [0.05, 0.1) is 35.4 Å². The molecule has 3 rings (SSSR count). The molecule has 152 valence electrons. The van der Waals surface area contributed by atoms with Gasteiger partial charge in [-0.25, -0.2) is 4.98 Å². The van der Waals surface area contributed by atoms with Gasteiger partial charge in [-0.3, -0.25) is 0 Å². The number of carboxylic acids is 1. The number of carbonyl (C=O) groups is 1. The zero-order valence-electron chi connectivity index (χ0n) is 16.8. The molecule has 0 bridgehead atoms. The second-order valence-electron chi connectivity index (χ2n) is 6.91. The van der Waals surface area contributed by atoms with Crippen LogP contribution >= 0.6 is 15.9 Å². The number of hydrogen-bond acceptors (Lipinski definition) is 5. The van der Waals surface area contributed by atoms with Crippen LogP contribution in [0.1, 0.15) is 42.1 Å². The molecule has 0 spiro atoms. The highest BCUT2D eigenvalue weighted by Gasteiger charge is 2.15. The van der Waals surface area contributed by atoms with E-state index in [9.17, 15) is 9.90 Å². The summed E-state index contributed by atoms with van der Waals surface area (Å²) in [5.74, 6) is -0.0401. The molecule has 2 aromatic carbocycles. The number of unbranched alkanes of at least 4 members (excludes halogenated alkanes) is 2. The number of nitrogens with zero attached hydrogens (tertiary/aromatic N) is 1. The van der Waals surface area contributed by atoms with Gasteiger partial charge in [-0.15, -0.1) is 0 Å².